The number of aryl methyl sites for hydroxylation is 1. The second kappa shape index (κ2) is 3.99. The van der Waals surface area contributed by atoms with Crippen molar-refractivity contribution in [1.82, 2.24) is 9.55 Å². The molecule has 1 aromatic rings. The van der Waals surface area contributed by atoms with Gasteiger partial charge in [-0.1, -0.05) is 12.5 Å². The van der Waals surface area contributed by atoms with E-state index in [1.54, 1.807) is 5.57 Å². The van der Waals surface area contributed by atoms with Crippen LogP contribution < -0.4 is 0 Å². The molecule has 0 saturated heterocycles. The molecule has 1 atom stereocenters. The van der Waals surface area contributed by atoms with E-state index in [4.69, 9.17) is 0 Å². The summed E-state index contributed by atoms with van der Waals surface area (Å²) >= 11 is 0. The lowest BCUT2D eigenvalue weighted by molar-refractivity contribution is 0.608. The van der Waals surface area contributed by atoms with E-state index in [1.807, 2.05) is 12.4 Å². The Labute approximate surface area is 85.7 Å². The standard InChI is InChI=1S/C12H18N2/c1-3-10-5-4-6-11(10)9-12-13-7-8-14(12)2/h7-10H,3-6H2,1-2H3/b11-9-/t10-/m0/s1. The third-order valence-electron chi connectivity index (χ3n) is 3.21. The number of imidazole rings is 1. The smallest absolute Gasteiger partial charge is 0.132 e. The van der Waals surface area contributed by atoms with E-state index in [9.17, 15) is 0 Å². The predicted molar refractivity (Wildman–Crippen MR) is 58.8 cm³/mol. The van der Waals surface area contributed by atoms with Crippen molar-refractivity contribution in [2.75, 3.05) is 0 Å². The Balaban J connectivity index is 2.21. The highest BCUT2D eigenvalue weighted by atomic mass is 15.0. The van der Waals surface area contributed by atoms with Crippen molar-refractivity contribution in [1.29, 1.82) is 0 Å². The first-order chi connectivity index (χ1) is 6.81. The topological polar surface area (TPSA) is 17.8 Å². The molecule has 1 aromatic heterocycles. The summed E-state index contributed by atoms with van der Waals surface area (Å²) in [6.07, 6.45) is 11.4. The number of hydrogen-bond acceptors (Lipinski definition) is 1. The predicted octanol–water partition coefficient (Wildman–Crippen LogP) is 3.01. The quantitative estimate of drug-likeness (QED) is 0.701. The Morgan fingerprint density at radius 2 is 2.50 bits per heavy atom. The van der Waals surface area contributed by atoms with Crippen molar-refractivity contribution in [3.63, 3.8) is 0 Å². The van der Waals surface area contributed by atoms with Crippen LogP contribution in [0.15, 0.2) is 18.0 Å². The van der Waals surface area contributed by atoms with Crippen LogP contribution in [0.1, 0.15) is 38.4 Å². The van der Waals surface area contributed by atoms with Gasteiger partial charge >= 0.3 is 0 Å². The molecule has 0 unspecified atom stereocenters. The third-order valence-corrected chi connectivity index (χ3v) is 3.21. The van der Waals surface area contributed by atoms with E-state index in [2.05, 4.69) is 29.6 Å². The van der Waals surface area contributed by atoms with Gasteiger partial charge in [-0.15, -0.1) is 0 Å². The molecule has 0 amide bonds. The average molecular weight is 190 g/mol. The summed E-state index contributed by atoms with van der Waals surface area (Å²) in [5.74, 6) is 1.91. The van der Waals surface area contributed by atoms with E-state index in [0.29, 0.717) is 0 Å². The minimum absolute atomic E-state index is 0.812. The first kappa shape index (κ1) is 9.50. The molecule has 1 heterocycles. The molecule has 0 aromatic carbocycles. The van der Waals surface area contributed by atoms with E-state index >= 15 is 0 Å². The molecule has 0 radical (unpaired) electrons. The minimum atomic E-state index is 0.812. The molecule has 1 fully saturated rings. The molecule has 0 aliphatic heterocycles. The molecule has 76 valence electrons. The summed E-state index contributed by atoms with van der Waals surface area (Å²) in [6.45, 7) is 2.28. The van der Waals surface area contributed by atoms with Crippen LogP contribution in [-0.4, -0.2) is 9.55 Å². The zero-order valence-corrected chi connectivity index (χ0v) is 9.03. The van der Waals surface area contributed by atoms with Crippen LogP contribution in [0, 0.1) is 5.92 Å². The molecule has 1 aliphatic rings. The number of aromatic nitrogens is 2. The largest absolute Gasteiger partial charge is 0.335 e. The molecule has 1 saturated carbocycles. The van der Waals surface area contributed by atoms with E-state index in [0.717, 1.165) is 11.7 Å². The molecule has 0 N–H and O–H groups in total. The molecule has 2 heteroatoms. The Kier molecular flexibility index (Phi) is 2.71. The maximum absolute atomic E-state index is 4.33. The van der Waals surface area contributed by atoms with Crippen molar-refractivity contribution in [3.05, 3.63) is 23.8 Å². The summed E-state index contributed by atoms with van der Waals surface area (Å²) < 4.78 is 2.08. The lowest BCUT2D eigenvalue weighted by Gasteiger charge is -2.08. The van der Waals surface area contributed by atoms with Gasteiger partial charge in [-0.25, -0.2) is 4.98 Å². The fourth-order valence-corrected chi connectivity index (χ4v) is 2.28. The van der Waals surface area contributed by atoms with E-state index in [-0.39, 0.29) is 0 Å². The van der Waals surface area contributed by atoms with Crippen LogP contribution in [-0.2, 0) is 7.05 Å². The SMILES string of the molecule is CC[C@H]1CCC/C1=C/c1nccn1C. The fraction of sp³-hybridized carbons (Fsp3) is 0.583. The highest BCUT2D eigenvalue weighted by Crippen LogP contribution is 2.34. The Morgan fingerprint density at radius 3 is 3.14 bits per heavy atom. The Hall–Kier alpha value is -1.05. The summed E-state index contributed by atoms with van der Waals surface area (Å²) in [5.41, 5.74) is 1.60. The van der Waals surface area contributed by atoms with Crippen LogP contribution in [0.3, 0.4) is 0 Å². The first-order valence-electron chi connectivity index (χ1n) is 5.49. The lowest BCUT2D eigenvalue weighted by atomic mass is 10.00. The van der Waals surface area contributed by atoms with Gasteiger partial charge in [-0.2, -0.15) is 0 Å². The molecular formula is C12H18N2. The van der Waals surface area contributed by atoms with E-state index in [1.165, 1.54) is 25.7 Å². The van der Waals surface area contributed by atoms with Gasteiger partial charge in [0.1, 0.15) is 5.82 Å². The van der Waals surface area contributed by atoms with Crippen molar-refractivity contribution >= 4 is 6.08 Å². The van der Waals surface area contributed by atoms with Crippen LogP contribution >= 0.6 is 0 Å². The van der Waals surface area contributed by atoms with E-state index < -0.39 is 0 Å². The Morgan fingerprint density at radius 1 is 1.64 bits per heavy atom. The second-order valence-corrected chi connectivity index (χ2v) is 4.11. The van der Waals surface area contributed by atoms with Gasteiger partial charge in [0.2, 0.25) is 0 Å². The molecule has 2 nitrogen and oxygen atoms in total. The normalized spacial score (nSPS) is 24.7. The molecule has 0 bridgehead atoms. The van der Waals surface area contributed by atoms with Gasteiger partial charge in [0.05, 0.1) is 0 Å². The van der Waals surface area contributed by atoms with Gasteiger partial charge in [-0.3, -0.25) is 0 Å². The molecular weight excluding hydrogens is 172 g/mol. The van der Waals surface area contributed by atoms with Gasteiger partial charge in [0.15, 0.2) is 0 Å². The second-order valence-electron chi connectivity index (χ2n) is 4.11. The molecule has 1 aliphatic carbocycles. The zero-order chi connectivity index (χ0) is 9.97. The zero-order valence-electron chi connectivity index (χ0n) is 9.03. The fourth-order valence-electron chi connectivity index (χ4n) is 2.28. The van der Waals surface area contributed by atoms with Crippen molar-refractivity contribution < 1.29 is 0 Å². The maximum Gasteiger partial charge on any atom is 0.132 e. The van der Waals surface area contributed by atoms with Gasteiger partial charge in [0.25, 0.3) is 0 Å². The van der Waals surface area contributed by atoms with Gasteiger partial charge < -0.3 is 4.57 Å². The van der Waals surface area contributed by atoms with Crippen LogP contribution in [0.25, 0.3) is 6.08 Å². The van der Waals surface area contributed by atoms with Crippen molar-refractivity contribution in [2.24, 2.45) is 13.0 Å². The number of hydrogen-bond donors (Lipinski definition) is 0. The van der Waals surface area contributed by atoms with Gasteiger partial charge in [-0.05, 0) is 37.7 Å². The van der Waals surface area contributed by atoms with Gasteiger partial charge in [0, 0.05) is 19.4 Å². The molecule has 2 rings (SSSR count). The lowest BCUT2D eigenvalue weighted by Crippen LogP contribution is -1.96. The summed E-state index contributed by atoms with van der Waals surface area (Å²) in [4.78, 5) is 4.33. The minimum Gasteiger partial charge on any atom is -0.335 e. The van der Waals surface area contributed by atoms with Crippen LogP contribution in [0.2, 0.25) is 0 Å². The molecule has 14 heavy (non-hydrogen) atoms. The third kappa shape index (κ3) is 1.74. The summed E-state index contributed by atoms with van der Waals surface area (Å²) in [7, 11) is 2.05. The number of nitrogens with zero attached hydrogens (tertiary/aromatic N) is 2. The van der Waals surface area contributed by atoms with Crippen LogP contribution in [0.4, 0.5) is 0 Å². The Bertz CT molecular complexity index is 336. The summed E-state index contributed by atoms with van der Waals surface area (Å²) in [5, 5.41) is 0. The average Bonchev–Trinajstić information content (AvgIpc) is 2.77. The highest BCUT2D eigenvalue weighted by Gasteiger charge is 2.19. The highest BCUT2D eigenvalue weighted by molar-refractivity contribution is 5.47. The van der Waals surface area contributed by atoms with Crippen LogP contribution in [0.5, 0.6) is 0 Å². The summed E-state index contributed by atoms with van der Waals surface area (Å²) in [6, 6.07) is 0. The monoisotopic (exact) mass is 190 g/mol. The maximum atomic E-state index is 4.33. The van der Waals surface area contributed by atoms with Crippen molar-refractivity contribution in [2.45, 2.75) is 32.6 Å². The number of rotatable bonds is 2. The van der Waals surface area contributed by atoms with Crippen molar-refractivity contribution in [3.8, 4) is 0 Å². The molecule has 0 spiro atoms. The number of allylic oxidation sites excluding steroid dienone is 1. The first-order valence-corrected chi connectivity index (χ1v) is 5.49.